The van der Waals surface area contributed by atoms with Crippen LogP contribution in [0.25, 0.3) is 0 Å². The molecular formula is C21H24N2O4. The largest absolute Gasteiger partial charge is 0.491 e. The minimum atomic E-state index is -0.406. The molecule has 1 aliphatic rings. The number of carbonyl (C=O) groups excluding carboxylic acids is 2. The maximum absolute atomic E-state index is 12.3. The molecule has 6 heteroatoms. The molecule has 0 saturated carbocycles. The predicted molar refractivity (Wildman–Crippen MR) is 102 cm³/mol. The molecule has 6 nitrogen and oxygen atoms in total. The molecule has 1 unspecified atom stereocenters. The first-order valence-corrected chi connectivity index (χ1v) is 9.20. The molecule has 1 atom stereocenters. The first-order chi connectivity index (χ1) is 13.2. The summed E-state index contributed by atoms with van der Waals surface area (Å²) in [7, 11) is 0. The zero-order valence-electron chi connectivity index (χ0n) is 15.4. The van der Waals surface area contributed by atoms with E-state index >= 15 is 0 Å². The van der Waals surface area contributed by atoms with Gasteiger partial charge in [0.25, 0.3) is 11.8 Å². The van der Waals surface area contributed by atoms with Crippen molar-refractivity contribution in [3.63, 3.8) is 0 Å². The number of rotatable bonds is 6. The van der Waals surface area contributed by atoms with E-state index in [1.54, 1.807) is 36.4 Å². The molecule has 1 fully saturated rings. The predicted octanol–water partition coefficient (Wildman–Crippen LogP) is 2.88. The lowest BCUT2D eigenvalue weighted by molar-refractivity contribution is 0.0679. The van der Waals surface area contributed by atoms with Crippen LogP contribution in [0, 0.1) is 0 Å². The highest BCUT2D eigenvalue weighted by Gasteiger charge is 2.16. The van der Waals surface area contributed by atoms with Crippen molar-refractivity contribution in [3.05, 3.63) is 65.2 Å². The third kappa shape index (κ3) is 5.31. The second-order valence-electron chi connectivity index (χ2n) is 6.43. The molecule has 0 spiro atoms. The van der Waals surface area contributed by atoms with Crippen LogP contribution in [0.5, 0.6) is 5.75 Å². The van der Waals surface area contributed by atoms with Gasteiger partial charge in [-0.25, -0.2) is 0 Å². The standard InChI is InChI=1S/C21H24N2O4/c1-2-15-8-10-16(11-9-15)20(24)22-23-21(25)17-5-3-6-18(13-17)27-14-19-7-4-12-26-19/h3,5-6,8-11,13,19H,2,4,7,12,14H2,1H3,(H,22,24)(H,23,25). The molecule has 0 aromatic heterocycles. The van der Waals surface area contributed by atoms with Gasteiger partial charge in [-0.15, -0.1) is 0 Å². The van der Waals surface area contributed by atoms with Gasteiger partial charge in [-0.1, -0.05) is 25.1 Å². The van der Waals surface area contributed by atoms with Gasteiger partial charge >= 0.3 is 0 Å². The van der Waals surface area contributed by atoms with Crippen LogP contribution in [-0.2, 0) is 11.2 Å². The van der Waals surface area contributed by atoms with E-state index in [1.807, 2.05) is 19.1 Å². The van der Waals surface area contributed by atoms with Gasteiger partial charge in [0.05, 0.1) is 6.10 Å². The third-order valence-electron chi connectivity index (χ3n) is 4.47. The van der Waals surface area contributed by atoms with Crippen LogP contribution in [0.15, 0.2) is 48.5 Å². The van der Waals surface area contributed by atoms with Crippen molar-refractivity contribution in [2.24, 2.45) is 0 Å². The van der Waals surface area contributed by atoms with Crippen molar-refractivity contribution < 1.29 is 19.1 Å². The van der Waals surface area contributed by atoms with Crippen molar-refractivity contribution in [2.45, 2.75) is 32.3 Å². The normalized spacial score (nSPS) is 16.0. The highest BCUT2D eigenvalue weighted by molar-refractivity contribution is 5.99. The number of hydrogen-bond acceptors (Lipinski definition) is 4. The van der Waals surface area contributed by atoms with Gasteiger partial charge in [0, 0.05) is 17.7 Å². The Balaban J connectivity index is 1.52. The number of amides is 2. The summed E-state index contributed by atoms with van der Waals surface area (Å²) >= 11 is 0. The number of aryl methyl sites for hydroxylation is 1. The fraction of sp³-hybridized carbons (Fsp3) is 0.333. The van der Waals surface area contributed by atoms with E-state index in [4.69, 9.17) is 9.47 Å². The molecule has 1 heterocycles. The van der Waals surface area contributed by atoms with Crippen LogP contribution in [0.2, 0.25) is 0 Å². The van der Waals surface area contributed by atoms with Crippen LogP contribution in [0.3, 0.4) is 0 Å². The van der Waals surface area contributed by atoms with Gasteiger partial charge in [0.2, 0.25) is 0 Å². The summed E-state index contributed by atoms with van der Waals surface area (Å²) in [6.07, 6.45) is 3.06. The van der Waals surface area contributed by atoms with Gasteiger partial charge in [-0.05, 0) is 55.2 Å². The third-order valence-corrected chi connectivity index (χ3v) is 4.47. The van der Waals surface area contributed by atoms with E-state index in [9.17, 15) is 9.59 Å². The second kappa shape index (κ2) is 9.19. The smallest absolute Gasteiger partial charge is 0.269 e. The molecule has 2 aromatic carbocycles. The lowest BCUT2D eigenvalue weighted by Crippen LogP contribution is -2.41. The molecule has 0 radical (unpaired) electrons. The molecule has 2 aromatic rings. The van der Waals surface area contributed by atoms with Gasteiger partial charge in [0.15, 0.2) is 0 Å². The molecule has 27 heavy (non-hydrogen) atoms. The highest BCUT2D eigenvalue weighted by Crippen LogP contribution is 2.17. The van der Waals surface area contributed by atoms with Crippen molar-refractivity contribution in [1.82, 2.24) is 10.9 Å². The van der Waals surface area contributed by atoms with Gasteiger partial charge in [-0.2, -0.15) is 0 Å². The molecular weight excluding hydrogens is 344 g/mol. The number of nitrogens with one attached hydrogen (secondary N) is 2. The van der Waals surface area contributed by atoms with Crippen molar-refractivity contribution in [3.8, 4) is 5.75 Å². The summed E-state index contributed by atoms with van der Waals surface area (Å²) in [4.78, 5) is 24.4. The van der Waals surface area contributed by atoms with Gasteiger partial charge < -0.3 is 9.47 Å². The van der Waals surface area contributed by atoms with Crippen molar-refractivity contribution in [1.29, 1.82) is 0 Å². The summed E-state index contributed by atoms with van der Waals surface area (Å²) in [6.45, 7) is 3.29. The first-order valence-electron chi connectivity index (χ1n) is 9.20. The first kappa shape index (κ1) is 18.9. The molecule has 1 saturated heterocycles. The van der Waals surface area contributed by atoms with Crippen LogP contribution >= 0.6 is 0 Å². The number of hydrazine groups is 1. The van der Waals surface area contributed by atoms with Crippen LogP contribution < -0.4 is 15.6 Å². The van der Waals surface area contributed by atoms with Crippen LogP contribution in [0.4, 0.5) is 0 Å². The van der Waals surface area contributed by atoms with Crippen molar-refractivity contribution >= 4 is 11.8 Å². The highest BCUT2D eigenvalue weighted by atomic mass is 16.5. The maximum Gasteiger partial charge on any atom is 0.269 e. The number of ether oxygens (including phenoxy) is 2. The Hall–Kier alpha value is -2.86. The Morgan fingerprint density at radius 3 is 2.48 bits per heavy atom. The molecule has 0 bridgehead atoms. The zero-order valence-corrected chi connectivity index (χ0v) is 15.4. The fourth-order valence-electron chi connectivity index (χ4n) is 2.84. The summed E-state index contributed by atoms with van der Waals surface area (Å²) in [5, 5.41) is 0. The topological polar surface area (TPSA) is 76.7 Å². The SMILES string of the molecule is CCc1ccc(C(=O)NNC(=O)c2cccc(OCC3CCCO3)c2)cc1. The Morgan fingerprint density at radius 2 is 1.81 bits per heavy atom. The second-order valence-corrected chi connectivity index (χ2v) is 6.43. The quantitative estimate of drug-likeness (QED) is 0.769. The molecule has 142 valence electrons. The van der Waals surface area contributed by atoms with Crippen molar-refractivity contribution in [2.75, 3.05) is 13.2 Å². The van der Waals surface area contributed by atoms with Crippen LogP contribution in [0.1, 0.15) is 46.0 Å². The van der Waals surface area contributed by atoms with E-state index in [-0.39, 0.29) is 12.0 Å². The minimum Gasteiger partial charge on any atom is -0.491 e. The molecule has 2 amide bonds. The minimum absolute atomic E-state index is 0.112. The molecule has 3 rings (SSSR count). The summed E-state index contributed by atoms with van der Waals surface area (Å²) in [5.74, 6) is -0.174. The number of benzene rings is 2. The Bertz CT molecular complexity index is 783. The average Bonchev–Trinajstić information content (AvgIpc) is 3.24. The fourth-order valence-corrected chi connectivity index (χ4v) is 2.84. The van der Waals surface area contributed by atoms with Gasteiger partial charge in [-0.3, -0.25) is 20.4 Å². The number of hydrogen-bond donors (Lipinski definition) is 2. The Labute approximate surface area is 158 Å². The summed E-state index contributed by atoms with van der Waals surface area (Å²) in [5.41, 5.74) is 6.90. The van der Waals surface area contributed by atoms with E-state index in [2.05, 4.69) is 10.9 Å². The summed E-state index contributed by atoms with van der Waals surface area (Å²) < 4.78 is 11.2. The average molecular weight is 368 g/mol. The zero-order chi connectivity index (χ0) is 19.1. The van der Waals surface area contributed by atoms with Crippen LogP contribution in [-0.4, -0.2) is 31.1 Å². The Kier molecular flexibility index (Phi) is 6.44. The monoisotopic (exact) mass is 368 g/mol. The van der Waals surface area contributed by atoms with E-state index in [1.165, 1.54) is 0 Å². The lowest BCUT2D eigenvalue weighted by atomic mass is 10.1. The molecule has 1 aliphatic heterocycles. The Morgan fingerprint density at radius 1 is 1.07 bits per heavy atom. The molecule has 2 N–H and O–H groups in total. The van der Waals surface area contributed by atoms with E-state index < -0.39 is 5.91 Å². The molecule has 0 aliphatic carbocycles. The number of carbonyl (C=O) groups is 2. The summed E-state index contributed by atoms with van der Waals surface area (Å²) in [6, 6.07) is 14.1. The van der Waals surface area contributed by atoms with E-state index in [0.717, 1.165) is 31.4 Å². The van der Waals surface area contributed by atoms with E-state index in [0.29, 0.717) is 23.5 Å². The van der Waals surface area contributed by atoms with Gasteiger partial charge in [0.1, 0.15) is 12.4 Å². The lowest BCUT2D eigenvalue weighted by Gasteiger charge is -2.12. The maximum atomic E-state index is 12.3.